The fraction of sp³-hybridized carbons (Fsp3) is 0. The fourth-order valence-electron chi connectivity index (χ4n) is 6.41. The molecule has 43 heavy (non-hydrogen) atoms. The van der Waals surface area contributed by atoms with E-state index >= 15 is 0 Å². The third-order valence-corrected chi connectivity index (χ3v) is 9.60. The predicted molar refractivity (Wildman–Crippen MR) is 184 cm³/mol. The van der Waals surface area contributed by atoms with Crippen LogP contribution in [0.4, 0.5) is 17.1 Å². The molecule has 2 aromatic heterocycles. The van der Waals surface area contributed by atoms with E-state index in [1.165, 1.54) is 42.1 Å². The SMILES string of the molecule is c1ccc(-c2ccc(N(c3ccc4sc5ccccc5c4c3)c3ccc4oc5ccc6ccccc6c5c4c3)cc2)cc1. The minimum absolute atomic E-state index is 0.897. The Labute approximate surface area is 252 Å². The Bertz CT molecular complexity index is 2450. The van der Waals surface area contributed by atoms with Crippen molar-refractivity contribution in [3.05, 3.63) is 152 Å². The van der Waals surface area contributed by atoms with Gasteiger partial charge in [0.1, 0.15) is 11.2 Å². The standard InChI is InChI=1S/C40H25NOS/c1-2-8-26(9-3-1)27-14-17-29(18-15-27)41(31-20-23-39-34(24-31)33-12-6-7-13-38(33)43-39)30-19-22-36-35(25-30)40-32-11-5-4-10-28(32)16-21-37(40)42-36/h1-25H. The van der Waals surface area contributed by atoms with E-state index in [0.29, 0.717) is 0 Å². The van der Waals surface area contributed by atoms with Crippen LogP contribution in [0.25, 0.3) is 64.0 Å². The number of thiophene rings is 1. The normalized spacial score (nSPS) is 11.7. The van der Waals surface area contributed by atoms with Gasteiger partial charge in [0.25, 0.3) is 0 Å². The predicted octanol–water partition coefficient (Wildman–Crippen LogP) is 12.2. The Morgan fingerprint density at radius 3 is 1.91 bits per heavy atom. The Morgan fingerprint density at radius 2 is 1.05 bits per heavy atom. The number of furan rings is 1. The Hall–Kier alpha value is -5.38. The highest BCUT2D eigenvalue weighted by Gasteiger charge is 2.18. The van der Waals surface area contributed by atoms with Crippen molar-refractivity contribution in [2.75, 3.05) is 4.90 Å². The molecule has 0 aliphatic carbocycles. The van der Waals surface area contributed by atoms with Crippen LogP contribution in [0.1, 0.15) is 0 Å². The summed E-state index contributed by atoms with van der Waals surface area (Å²) in [5.74, 6) is 0. The summed E-state index contributed by atoms with van der Waals surface area (Å²) in [5, 5.41) is 7.29. The smallest absolute Gasteiger partial charge is 0.136 e. The maximum atomic E-state index is 6.35. The molecule has 0 amide bonds. The van der Waals surface area contributed by atoms with E-state index in [0.717, 1.165) is 39.0 Å². The van der Waals surface area contributed by atoms with Gasteiger partial charge in [-0.1, -0.05) is 91.0 Å². The molecule has 9 aromatic rings. The van der Waals surface area contributed by atoms with Crippen LogP contribution in [-0.4, -0.2) is 0 Å². The van der Waals surface area contributed by atoms with E-state index < -0.39 is 0 Å². The monoisotopic (exact) mass is 567 g/mol. The van der Waals surface area contributed by atoms with E-state index in [-0.39, 0.29) is 0 Å². The van der Waals surface area contributed by atoms with Gasteiger partial charge >= 0.3 is 0 Å². The molecular formula is C40H25NOS. The highest BCUT2D eigenvalue weighted by Crippen LogP contribution is 2.43. The van der Waals surface area contributed by atoms with Gasteiger partial charge in [-0.3, -0.25) is 0 Å². The zero-order valence-electron chi connectivity index (χ0n) is 23.2. The number of hydrogen-bond acceptors (Lipinski definition) is 3. The number of rotatable bonds is 4. The van der Waals surface area contributed by atoms with Gasteiger partial charge in [0, 0.05) is 48.0 Å². The van der Waals surface area contributed by atoms with Crippen molar-refractivity contribution in [2.45, 2.75) is 0 Å². The summed E-state index contributed by atoms with van der Waals surface area (Å²) >= 11 is 1.85. The molecule has 9 rings (SSSR count). The molecule has 0 saturated heterocycles. The van der Waals surface area contributed by atoms with Gasteiger partial charge in [-0.15, -0.1) is 11.3 Å². The molecular weight excluding hydrogens is 543 g/mol. The Kier molecular flexibility index (Phi) is 5.40. The van der Waals surface area contributed by atoms with Gasteiger partial charge in [-0.05, 0) is 82.6 Å². The van der Waals surface area contributed by atoms with Crippen molar-refractivity contribution in [3.63, 3.8) is 0 Å². The van der Waals surface area contributed by atoms with Crippen LogP contribution >= 0.6 is 11.3 Å². The largest absolute Gasteiger partial charge is 0.456 e. The zero-order chi connectivity index (χ0) is 28.3. The average Bonchev–Trinajstić information content (AvgIpc) is 3.64. The number of fused-ring (bicyclic) bond motifs is 8. The van der Waals surface area contributed by atoms with Crippen LogP contribution in [0.3, 0.4) is 0 Å². The highest BCUT2D eigenvalue weighted by atomic mass is 32.1. The maximum absolute atomic E-state index is 6.35. The van der Waals surface area contributed by atoms with E-state index in [4.69, 9.17) is 4.42 Å². The van der Waals surface area contributed by atoms with Crippen molar-refractivity contribution in [3.8, 4) is 11.1 Å². The van der Waals surface area contributed by atoms with Gasteiger partial charge in [-0.25, -0.2) is 0 Å². The molecule has 0 N–H and O–H groups in total. The molecule has 0 unspecified atom stereocenters. The van der Waals surface area contributed by atoms with Crippen LogP contribution in [0.15, 0.2) is 156 Å². The van der Waals surface area contributed by atoms with Gasteiger partial charge in [0.05, 0.1) is 0 Å². The summed E-state index contributed by atoms with van der Waals surface area (Å²) in [6.45, 7) is 0. The second kappa shape index (κ2) is 9.59. The third-order valence-electron chi connectivity index (χ3n) is 8.45. The van der Waals surface area contributed by atoms with Crippen LogP contribution in [0.2, 0.25) is 0 Å². The first-order valence-corrected chi connectivity index (χ1v) is 15.3. The summed E-state index contributed by atoms with van der Waals surface area (Å²) in [6, 6.07) is 54.3. The van der Waals surface area contributed by atoms with Crippen LogP contribution in [0.5, 0.6) is 0 Å². The summed E-state index contributed by atoms with van der Waals surface area (Å²) in [7, 11) is 0. The lowest BCUT2D eigenvalue weighted by Gasteiger charge is -2.26. The summed E-state index contributed by atoms with van der Waals surface area (Å²) < 4.78 is 8.96. The van der Waals surface area contributed by atoms with Crippen LogP contribution in [-0.2, 0) is 0 Å². The topological polar surface area (TPSA) is 16.4 Å². The van der Waals surface area contributed by atoms with E-state index in [1.807, 2.05) is 11.3 Å². The second-order valence-corrected chi connectivity index (χ2v) is 12.1. The van der Waals surface area contributed by atoms with E-state index in [9.17, 15) is 0 Å². The molecule has 0 saturated carbocycles. The molecule has 0 bridgehead atoms. The summed E-state index contributed by atoms with van der Waals surface area (Å²) in [5.41, 5.74) is 7.55. The second-order valence-electron chi connectivity index (χ2n) is 11.0. The zero-order valence-corrected chi connectivity index (χ0v) is 24.0. The van der Waals surface area contributed by atoms with E-state index in [1.54, 1.807) is 0 Å². The van der Waals surface area contributed by atoms with Crippen molar-refractivity contribution < 1.29 is 4.42 Å². The van der Waals surface area contributed by atoms with E-state index in [2.05, 4.69) is 157 Å². The van der Waals surface area contributed by atoms with Gasteiger partial charge in [0.2, 0.25) is 0 Å². The molecule has 3 heteroatoms. The highest BCUT2D eigenvalue weighted by molar-refractivity contribution is 7.25. The first kappa shape index (κ1) is 24.2. The summed E-state index contributed by atoms with van der Waals surface area (Å²) in [6.07, 6.45) is 0. The van der Waals surface area contributed by atoms with Crippen molar-refractivity contribution in [1.29, 1.82) is 0 Å². The molecule has 0 fully saturated rings. The number of anilines is 3. The maximum Gasteiger partial charge on any atom is 0.136 e. The van der Waals surface area contributed by atoms with Crippen LogP contribution in [0, 0.1) is 0 Å². The Morgan fingerprint density at radius 1 is 0.419 bits per heavy atom. The van der Waals surface area contributed by atoms with Crippen LogP contribution < -0.4 is 4.90 Å². The number of hydrogen-bond donors (Lipinski definition) is 0. The average molecular weight is 568 g/mol. The number of benzene rings is 7. The molecule has 7 aromatic carbocycles. The quantitative estimate of drug-likeness (QED) is 0.210. The van der Waals surface area contributed by atoms with Crippen molar-refractivity contribution in [2.24, 2.45) is 0 Å². The first-order valence-electron chi connectivity index (χ1n) is 14.5. The molecule has 0 radical (unpaired) electrons. The summed E-state index contributed by atoms with van der Waals surface area (Å²) in [4.78, 5) is 2.37. The Balaban J connectivity index is 1.27. The van der Waals surface area contributed by atoms with Gasteiger partial charge < -0.3 is 9.32 Å². The molecule has 2 nitrogen and oxygen atoms in total. The van der Waals surface area contributed by atoms with Gasteiger partial charge in [0.15, 0.2) is 0 Å². The minimum atomic E-state index is 0.897. The number of nitrogens with zero attached hydrogens (tertiary/aromatic N) is 1. The molecule has 0 spiro atoms. The molecule has 2 heterocycles. The third kappa shape index (κ3) is 3.93. The first-order chi connectivity index (χ1) is 21.3. The lowest BCUT2D eigenvalue weighted by molar-refractivity contribution is 0.669. The van der Waals surface area contributed by atoms with Gasteiger partial charge in [-0.2, -0.15) is 0 Å². The molecule has 0 atom stereocenters. The minimum Gasteiger partial charge on any atom is -0.456 e. The lowest BCUT2D eigenvalue weighted by Crippen LogP contribution is -2.09. The lowest BCUT2D eigenvalue weighted by atomic mass is 10.0. The van der Waals surface area contributed by atoms with Crippen molar-refractivity contribution >= 4 is 81.3 Å². The fourth-order valence-corrected chi connectivity index (χ4v) is 7.49. The molecule has 0 aliphatic heterocycles. The van der Waals surface area contributed by atoms with Crippen molar-refractivity contribution in [1.82, 2.24) is 0 Å². The molecule has 202 valence electrons. The molecule has 0 aliphatic rings.